The van der Waals surface area contributed by atoms with Gasteiger partial charge in [0.15, 0.2) is 0 Å². The molecule has 1 heterocycles. The summed E-state index contributed by atoms with van der Waals surface area (Å²) in [7, 11) is 2.11. The summed E-state index contributed by atoms with van der Waals surface area (Å²) in [5.74, 6) is 0.372. The smallest absolute Gasteiger partial charge is 0.253 e. The Kier molecular flexibility index (Phi) is 4.66. The van der Waals surface area contributed by atoms with Crippen molar-refractivity contribution in [3.63, 3.8) is 0 Å². The summed E-state index contributed by atoms with van der Waals surface area (Å²) >= 11 is 5.89. The topological polar surface area (TPSA) is 58.4 Å². The third-order valence-electron chi connectivity index (χ3n) is 3.53. The molecule has 3 N–H and O–H groups in total. The van der Waals surface area contributed by atoms with Crippen LogP contribution >= 0.6 is 11.6 Å². The number of hydrogen-bond donors (Lipinski definition) is 2. The fraction of sp³-hybridized carbons (Fsp3) is 0.500. The van der Waals surface area contributed by atoms with Gasteiger partial charge < -0.3 is 16.0 Å². The molecule has 0 aromatic heterocycles. The van der Waals surface area contributed by atoms with Crippen molar-refractivity contribution in [1.82, 2.24) is 10.2 Å². The van der Waals surface area contributed by atoms with Crippen LogP contribution < -0.4 is 11.1 Å². The van der Waals surface area contributed by atoms with Gasteiger partial charge in [-0.3, -0.25) is 4.79 Å². The number of amides is 1. The zero-order valence-corrected chi connectivity index (χ0v) is 11.9. The Morgan fingerprint density at radius 1 is 1.58 bits per heavy atom. The van der Waals surface area contributed by atoms with Gasteiger partial charge in [0.25, 0.3) is 5.91 Å². The molecule has 0 radical (unpaired) electrons. The number of piperidine rings is 1. The maximum Gasteiger partial charge on any atom is 0.253 e. The number of nitrogens with one attached hydrogen (secondary N) is 1. The van der Waals surface area contributed by atoms with Crippen LogP contribution in [0.5, 0.6) is 0 Å². The van der Waals surface area contributed by atoms with Gasteiger partial charge in [0, 0.05) is 23.8 Å². The monoisotopic (exact) mass is 281 g/mol. The van der Waals surface area contributed by atoms with Crippen LogP contribution in [0.25, 0.3) is 0 Å². The normalized spacial score (nSPS) is 20.2. The molecule has 4 nitrogen and oxygen atoms in total. The van der Waals surface area contributed by atoms with Crippen molar-refractivity contribution in [2.45, 2.75) is 12.8 Å². The Balaban J connectivity index is 1.92. The van der Waals surface area contributed by atoms with E-state index < -0.39 is 0 Å². The number of nitrogens with zero attached hydrogens (tertiary/aromatic N) is 1. The van der Waals surface area contributed by atoms with Crippen LogP contribution in [0.1, 0.15) is 23.2 Å². The lowest BCUT2D eigenvalue weighted by atomic mass is 9.98. The quantitative estimate of drug-likeness (QED) is 0.833. The number of carbonyl (C=O) groups excluding carboxylic acids is 1. The molecule has 0 saturated carbocycles. The predicted molar refractivity (Wildman–Crippen MR) is 78.4 cm³/mol. The predicted octanol–water partition coefficient (Wildman–Crippen LogP) is 1.99. The van der Waals surface area contributed by atoms with Crippen LogP contribution in [-0.4, -0.2) is 37.5 Å². The van der Waals surface area contributed by atoms with Crippen molar-refractivity contribution in [3.8, 4) is 0 Å². The maximum atomic E-state index is 12.1. The van der Waals surface area contributed by atoms with E-state index in [0.29, 0.717) is 28.7 Å². The number of carbonyl (C=O) groups is 1. The van der Waals surface area contributed by atoms with Crippen LogP contribution in [-0.2, 0) is 0 Å². The highest BCUT2D eigenvalue weighted by atomic mass is 35.5. The van der Waals surface area contributed by atoms with Crippen LogP contribution in [0.3, 0.4) is 0 Å². The molecule has 1 saturated heterocycles. The number of rotatable bonds is 3. The summed E-state index contributed by atoms with van der Waals surface area (Å²) in [5, 5.41) is 3.48. The fourth-order valence-electron chi connectivity index (χ4n) is 2.50. The van der Waals surface area contributed by atoms with Gasteiger partial charge >= 0.3 is 0 Å². The van der Waals surface area contributed by atoms with E-state index in [1.54, 1.807) is 18.2 Å². The Bertz CT molecular complexity index is 464. The summed E-state index contributed by atoms with van der Waals surface area (Å²) in [6.45, 7) is 2.87. The van der Waals surface area contributed by atoms with Gasteiger partial charge in [0.2, 0.25) is 0 Å². The number of nitrogen functional groups attached to an aromatic ring is 1. The molecule has 19 heavy (non-hydrogen) atoms. The minimum absolute atomic E-state index is 0.145. The molecule has 0 spiro atoms. The molecule has 104 valence electrons. The Morgan fingerprint density at radius 2 is 2.37 bits per heavy atom. The van der Waals surface area contributed by atoms with Crippen LogP contribution in [0.15, 0.2) is 18.2 Å². The van der Waals surface area contributed by atoms with Crippen molar-refractivity contribution in [2.75, 3.05) is 32.4 Å². The summed E-state index contributed by atoms with van der Waals surface area (Å²) in [4.78, 5) is 14.4. The summed E-state index contributed by atoms with van der Waals surface area (Å²) in [6, 6.07) is 4.95. The van der Waals surface area contributed by atoms with Gasteiger partial charge in [-0.05, 0) is 50.6 Å². The standard InChI is InChI=1S/C14H20ClN3O/c1-18-6-2-3-10(9-18)8-17-14(19)12-7-11(15)4-5-13(12)16/h4-5,7,10H,2-3,6,8-9,16H2,1H3,(H,17,19). The first-order valence-electron chi connectivity index (χ1n) is 6.58. The largest absolute Gasteiger partial charge is 0.398 e. The second kappa shape index (κ2) is 6.26. The summed E-state index contributed by atoms with van der Waals surface area (Å²) < 4.78 is 0. The van der Waals surface area contributed by atoms with Crippen molar-refractivity contribution in [3.05, 3.63) is 28.8 Å². The highest BCUT2D eigenvalue weighted by Crippen LogP contribution is 2.18. The summed E-state index contributed by atoms with van der Waals surface area (Å²) in [6.07, 6.45) is 2.35. The van der Waals surface area contributed by atoms with Gasteiger partial charge in [0.1, 0.15) is 0 Å². The first-order chi connectivity index (χ1) is 9.06. The van der Waals surface area contributed by atoms with E-state index in [-0.39, 0.29) is 5.91 Å². The van der Waals surface area contributed by atoms with Crippen LogP contribution in [0, 0.1) is 5.92 Å². The highest BCUT2D eigenvalue weighted by molar-refractivity contribution is 6.31. The molecule has 1 aromatic carbocycles. The first-order valence-corrected chi connectivity index (χ1v) is 6.96. The molecule has 5 heteroatoms. The molecule has 2 rings (SSSR count). The SMILES string of the molecule is CN1CCCC(CNC(=O)c2cc(Cl)ccc2N)C1. The zero-order valence-electron chi connectivity index (χ0n) is 11.2. The maximum absolute atomic E-state index is 12.1. The third kappa shape index (κ3) is 3.85. The lowest BCUT2D eigenvalue weighted by molar-refractivity contribution is 0.0937. The second-order valence-corrected chi connectivity index (χ2v) is 5.65. The van der Waals surface area contributed by atoms with E-state index >= 15 is 0 Å². The molecule has 0 bridgehead atoms. The lowest BCUT2D eigenvalue weighted by Gasteiger charge is -2.29. The number of nitrogens with two attached hydrogens (primary N) is 1. The number of halogens is 1. The first kappa shape index (κ1) is 14.2. The fourth-order valence-corrected chi connectivity index (χ4v) is 2.67. The molecular weight excluding hydrogens is 262 g/mol. The minimum Gasteiger partial charge on any atom is -0.398 e. The molecule has 1 aromatic rings. The lowest BCUT2D eigenvalue weighted by Crippen LogP contribution is -2.39. The molecule has 0 aliphatic carbocycles. The molecular formula is C14H20ClN3O. The van der Waals surface area contributed by atoms with E-state index in [1.807, 2.05) is 0 Å². The molecule has 1 amide bonds. The van der Waals surface area contributed by atoms with Crippen molar-refractivity contribution in [1.29, 1.82) is 0 Å². The Labute approximate surface area is 118 Å². The Morgan fingerprint density at radius 3 is 3.11 bits per heavy atom. The third-order valence-corrected chi connectivity index (χ3v) is 3.77. The van der Waals surface area contributed by atoms with E-state index in [2.05, 4.69) is 17.3 Å². The van der Waals surface area contributed by atoms with Gasteiger partial charge in [-0.2, -0.15) is 0 Å². The minimum atomic E-state index is -0.145. The van der Waals surface area contributed by atoms with E-state index in [9.17, 15) is 4.79 Å². The number of anilines is 1. The van der Waals surface area contributed by atoms with Crippen LogP contribution in [0.4, 0.5) is 5.69 Å². The summed E-state index contributed by atoms with van der Waals surface area (Å²) in [5.41, 5.74) is 6.71. The van der Waals surface area contributed by atoms with Gasteiger partial charge in [-0.1, -0.05) is 11.6 Å². The average Bonchev–Trinajstić information content (AvgIpc) is 2.39. The van der Waals surface area contributed by atoms with E-state index in [1.165, 1.54) is 6.42 Å². The molecule has 1 aliphatic rings. The average molecular weight is 282 g/mol. The highest BCUT2D eigenvalue weighted by Gasteiger charge is 2.18. The van der Waals surface area contributed by atoms with Crippen molar-refractivity contribution in [2.24, 2.45) is 5.92 Å². The van der Waals surface area contributed by atoms with Gasteiger partial charge in [-0.25, -0.2) is 0 Å². The number of likely N-dealkylation sites (tertiary alicyclic amines) is 1. The van der Waals surface area contributed by atoms with Crippen LogP contribution in [0.2, 0.25) is 5.02 Å². The van der Waals surface area contributed by atoms with E-state index in [0.717, 1.165) is 19.5 Å². The van der Waals surface area contributed by atoms with Gasteiger partial charge in [0.05, 0.1) is 5.56 Å². The second-order valence-electron chi connectivity index (χ2n) is 5.21. The van der Waals surface area contributed by atoms with E-state index in [4.69, 9.17) is 17.3 Å². The molecule has 1 fully saturated rings. The number of hydrogen-bond acceptors (Lipinski definition) is 3. The van der Waals surface area contributed by atoms with Gasteiger partial charge in [-0.15, -0.1) is 0 Å². The molecule has 1 atom stereocenters. The Hall–Kier alpha value is -1.26. The molecule has 1 aliphatic heterocycles. The zero-order chi connectivity index (χ0) is 13.8. The molecule has 1 unspecified atom stereocenters. The number of benzene rings is 1. The van der Waals surface area contributed by atoms with Crippen molar-refractivity contribution < 1.29 is 4.79 Å². The van der Waals surface area contributed by atoms with Crippen molar-refractivity contribution >= 4 is 23.2 Å².